The molecule has 0 atom stereocenters. The average Bonchev–Trinajstić information content (AvgIpc) is 2.60. The Bertz CT molecular complexity index is 918. The minimum absolute atomic E-state index is 0.308. The molecular weight excluding hydrogens is 304 g/mol. The van der Waals surface area contributed by atoms with Crippen LogP contribution in [0.1, 0.15) is 16.1 Å². The molecule has 0 aliphatic rings. The van der Waals surface area contributed by atoms with Gasteiger partial charge in [-0.1, -0.05) is 30.3 Å². The lowest BCUT2D eigenvalue weighted by molar-refractivity contribution is 0.0992. The number of carbonyl (C=O) groups is 1. The van der Waals surface area contributed by atoms with E-state index < -0.39 is 0 Å². The SMILES string of the molecule is Cc1cc(C(=O)N(C)c2ccc(-c3ccccc3)nn2)cc(=O)[nH]1. The van der Waals surface area contributed by atoms with E-state index in [2.05, 4.69) is 15.2 Å². The number of H-pyrrole nitrogens is 1. The highest BCUT2D eigenvalue weighted by atomic mass is 16.2. The van der Waals surface area contributed by atoms with Crippen LogP contribution >= 0.6 is 0 Å². The Kier molecular flexibility index (Phi) is 4.20. The molecule has 120 valence electrons. The standard InChI is InChI=1S/C18H16N4O2/c1-12-10-14(11-17(23)19-12)18(24)22(2)16-9-8-15(20-21-16)13-6-4-3-5-7-13/h3-11H,1-2H3,(H,19,23). The summed E-state index contributed by atoms with van der Waals surface area (Å²) in [5.41, 5.74) is 2.32. The van der Waals surface area contributed by atoms with Crippen molar-refractivity contribution >= 4 is 11.7 Å². The van der Waals surface area contributed by atoms with Gasteiger partial charge < -0.3 is 4.98 Å². The molecule has 1 amide bonds. The molecule has 3 aromatic rings. The van der Waals surface area contributed by atoms with Gasteiger partial charge in [0, 0.05) is 29.9 Å². The highest BCUT2D eigenvalue weighted by molar-refractivity contribution is 6.05. The minimum Gasteiger partial charge on any atom is -0.326 e. The summed E-state index contributed by atoms with van der Waals surface area (Å²) in [4.78, 5) is 28.0. The number of aromatic amines is 1. The van der Waals surface area contributed by atoms with Gasteiger partial charge in [0.2, 0.25) is 5.56 Å². The molecule has 1 aromatic carbocycles. The quantitative estimate of drug-likeness (QED) is 0.804. The summed E-state index contributed by atoms with van der Waals surface area (Å²) >= 11 is 0. The van der Waals surface area contributed by atoms with Crippen molar-refractivity contribution in [2.24, 2.45) is 0 Å². The average molecular weight is 320 g/mol. The zero-order valence-electron chi connectivity index (χ0n) is 13.4. The van der Waals surface area contributed by atoms with E-state index in [1.165, 1.54) is 11.0 Å². The van der Waals surface area contributed by atoms with Crippen molar-refractivity contribution in [1.82, 2.24) is 15.2 Å². The number of benzene rings is 1. The summed E-state index contributed by atoms with van der Waals surface area (Å²) in [6.45, 7) is 1.73. The molecule has 0 aliphatic carbocycles. The normalized spacial score (nSPS) is 10.4. The third-order valence-electron chi connectivity index (χ3n) is 3.59. The first kappa shape index (κ1) is 15.6. The summed E-state index contributed by atoms with van der Waals surface area (Å²) in [5.74, 6) is 0.101. The van der Waals surface area contributed by atoms with Crippen molar-refractivity contribution in [1.29, 1.82) is 0 Å². The Morgan fingerprint density at radius 1 is 1.04 bits per heavy atom. The van der Waals surface area contributed by atoms with E-state index in [4.69, 9.17) is 0 Å². The van der Waals surface area contributed by atoms with Gasteiger partial charge in [0.25, 0.3) is 5.91 Å². The number of pyridine rings is 1. The van der Waals surface area contributed by atoms with Crippen molar-refractivity contribution in [3.8, 4) is 11.3 Å². The number of aryl methyl sites for hydroxylation is 1. The molecule has 3 rings (SSSR count). The molecule has 24 heavy (non-hydrogen) atoms. The highest BCUT2D eigenvalue weighted by Gasteiger charge is 2.16. The minimum atomic E-state index is -0.314. The molecule has 0 saturated heterocycles. The lowest BCUT2D eigenvalue weighted by Gasteiger charge is -2.16. The van der Waals surface area contributed by atoms with Crippen LogP contribution in [0, 0.1) is 6.92 Å². The molecule has 6 heteroatoms. The maximum Gasteiger partial charge on any atom is 0.259 e. The van der Waals surface area contributed by atoms with Crippen molar-refractivity contribution in [3.63, 3.8) is 0 Å². The van der Waals surface area contributed by atoms with Gasteiger partial charge in [-0.2, -0.15) is 0 Å². The van der Waals surface area contributed by atoms with E-state index in [0.29, 0.717) is 17.1 Å². The van der Waals surface area contributed by atoms with Gasteiger partial charge in [-0.15, -0.1) is 10.2 Å². The van der Waals surface area contributed by atoms with Crippen LogP contribution in [-0.2, 0) is 0 Å². The number of hydrogen-bond acceptors (Lipinski definition) is 4. The van der Waals surface area contributed by atoms with Gasteiger partial charge in [0.1, 0.15) is 0 Å². The van der Waals surface area contributed by atoms with E-state index in [9.17, 15) is 9.59 Å². The molecule has 6 nitrogen and oxygen atoms in total. The Morgan fingerprint density at radius 3 is 2.42 bits per heavy atom. The molecule has 0 fully saturated rings. The van der Waals surface area contributed by atoms with Crippen LogP contribution < -0.4 is 10.5 Å². The Balaban J connectivity index is 1.86. The maximum atomic E-state index is 12.5. The van der Waals surface area contributed by atoms with Crippen molar-refractivity contribution in [3.05, 3.63) is 76.2 Å². The topological polar surface area (TPSA) is 79.0 Å². The summed E-state index contributed by atoms with van der Waals surface area (Å²) in [6, 6.07) is 16.1. The van der Waals surface area contributed by atoms with E-state index in [0.717, 1.165) is 11.3 Å². The summed E-state index contributed by atoms with van der Waals surface area (Å²) in [6.07, 6.45) is 0. The molecule has 0 bridgehead atoms. The van der Waals surface area contributed by atoms with E-state index >= 15 is 0 Å². The van der Waals surface area contributed by atoms with E-state index in [-0.39, 0.29) is 11.5 Å². The van der Waals surface area contributed by atoms with Gasteiger partial charge in [-0.05, 0) is 25.1 Å². The van der Waals surface area contributed by atoms with Gasteiger partial charge in [-0.25, -0.2) is 0 Å². The first-order valence-corrected chi connectivity index (χ1v) is 7.43. The molecule has 1 N–H and O–H groups in total. The highest BCUT2D eigenvalue weighted by Crippen LogP contribution is 2.18. The lowest BCUT2D eigenvalue weighted by Crippen LogP contribution is -2.28. The number of rotatable bonds is 3. The van der Waals surface area contributed by atoms with Crippen LogP contribution in [-0.4, -0.2) is 28.1 Å². The number of carbonyl (C=O) groups excluding carboxylic acids is 1. The number of anilines is 1. The fraction of sp³-hybridized carbons (Fsp3) is 0.111. The van der Waals surface area contributed by atoms with Crippen molar-refractivity contribution in [2.75, 3.05) is 11.9 Å². The van der Waals surface area contributed by atoms with Crippen LogP contribution in [0.25, 0.3) is 11.3 Å². The van der Waals surface area contributed by atoms with Crippen molar-refractivity contribution in [2.45, 2.75) is 6.92 Å². The smallest absolute Gasteiger partial charge is 0.259 e. The second-order valence-corrected chi connectivity index (χ2v) is 5.42. The number of nitrogens with zero attached hydrogens (tertiary/aromatic N) is 3. The first-order chi connectivity index (χ1) is 11.5. The Hall–Kier alpha value is -3.28. The van der Waals surface area contributed by atoms with E-state index in [1.54, 1.807) is 26.1 Å². The Labute approximate surface area is 138 Å². The molecule has 2 aromatic heterocycles. The second-order valence-electron chi connectivity index (χ2n) is 5.42. The van der Waals surface area contributed by atoms with Crippen molar-refractivity contribution < 1.29 is 4.79 Å². The van der Waals surface area contributed by atoms with Gasteiger partial charge >= 0.3 is 0 Å². The van der Waals surface area contributed by atoms with Gasteiger partial charge in [-0.3, -0.25) is 14.5 Å². The molecule has 0 spiro atoms. The summed E-state index contributed by atoms with van der Waals surface area (Å²) in [7, 11) is 1.60. The number of amides is 1. The number of hydrogen-bond donors (Lipinski definition) is 1. The second kappa shape index (κ2) is 6.45. The number of nitrogens with one attached hydrogen (secondary N) is 1. The molecule has 0 radical (unpaired) electrons. The van der Waals surface area contributed by atoms with Gasteiger partial charge in [0.15, 0.2) is 5.82 Å². The zero-order chi connectivity index (χ0) is 17.1. The molecule has 0 saturated carbocycles. The fourth-order valence-corrected chi connectivity index (χ4v) is 2.37. The van der Waals surface area contributed by atoms with E-state index in [1.807, 2.05) is 36.4 Å². The Morgan fingerprint density at radius 2 is 1.79 bits per heavy atom. The molecule has 0 unspecified atom stereocenters. The predicted molar refractivity (Wildman–Crippen MR) is 92.0 cm³/mol. The molecule has 0 aliphatic heterocycles. The first-order valence-electron chi connectivity index (χ1n) is 7.43. The summed E-state index contributed by atoms with van der Waals surface area (Å²) < 4.78 is 0. The van der Waals surface area contributed by atoms with Crippen LogP contribution in [0.5, 0.6) is 0 Å². The monoisotopic (exact) mass is 320 g/mol. The van der Waals surface area contributed by atoms with Crippen LogP contribution in [0.4, 0.5) is 5.82 Å². The predicted octanol–water partition coefficient (Wildman–Crippen LogP) is 2.42. The van der Waals surface area contributed by atoms with Crippen LogP contribution in [0.15, 0.2) is 59.4 Å². The largest absolute Gasteiger partial charge is 0.326 e. The third kappa shape index (κ3) is 3.22. The van der Waals surface area contributed by atoms with Crippen LogP contribution in [0.2, 0.25) is 0 Å². The fourth-order valence-electron chi connectivity index (χ4n) is 2.37. The third-order valence-corrected chi connectivity index (χ3v) is 3.59. The molecular formula is C18H16N4O2. The maximum absolute atomic E-state index is 12.5. The van der Waals surface area contributed by atoms with Crippen LogP contribution in [0.3, 0.4) is 0 Å². The molecule has 2 heterocycles. The number of aromatic nitrogens is 3. The van der Waals surface area contributed by atoms with Gasteiger partial charge in [0.05, 0.1) is 5.69 Å². The summed E-state index contributed by atoms with van der Waals surface area (Å²) in [5, 5.41) is 8.28. The lowest BCUT2D eigenvalue weighted by atomic mass is 10.1. The zero-order valence-corrected chi connectivity index (χ0v) is 13.4.